The number of carbonyl (C=O) groups excluding carboxylic acids is 1. The fraction of sp³-hybridized carbons (Fsp3) is 0.727. The van der Waals surface area contributed by atoms with E-state index in [-0.39, 0.29) is 11.7 Å². The molecule has 0 fully saturated rings. The molecule has 1 aliphatic rings. The van der Waals surface area contributed by atoms with Gasteiger partial charge in [0.25, 0.3) is 0 Å². The van der Waals surface area contributed by atoms with Crippen LogP contribution in [0.2, 0.25) is 0 Å². The standard InChI is InChI=1S/C11H19NO2/c1-8(2)11(3,14)7-12-9-4-5-10(13)6-9/h6,8,12,14H,4-5,7H2,1-3H3. The third kappa shape index (κ3) is 2.84. The highest BCUT2D eigenvalue weighted by Crippen LogP contribution is 2.17. The fourth-order valence-corrected chi connectivity index (χ4v) is 1.23. The molecule has 1 atom stereocenters. The molecule has 3 heteroatoms. The van der Waals surface area contributed by atoms with Gasteiger partial charge in [-0.05, 0) is 19.3 Å². The molecule has 0 heterocycles. The lowest BCUT2D eigenvalue weighted by Gasteiger charge is -2.28. The minimum atomic E-state index is -0.716. The van der Waals surface area contributed by atoms with Gasteiger partial charge in [-0.2, -0.15) is 0 Å². The lowest BCUT2D eigenvalue weighted by Crippen LogP contribution is -2.41. The molecule has 3 nitrogen and oxygen atoms in total. The summed E-state index contributed by atoms with van der Waals surface area (Å²) >= 11 is 0. The van der Waals surface area contributed by atoms with Crippen molar-refractivity contribution in [2.24, 2.45) is 5.92 Å². The van der Waals surface area contributed by atoms with Crippen molar-refractivity contribution in [2.75, 3.05) is 6.54 Å². The topological polar surface area (TPSA) is 49.3 Å². The Bertz CT molecular complexity index is 254. The first-order valence-corrected chi connectivity index (χ1v) is 5.11. The number of rotatable bonds is 4. The maximum Gasteiger partial charge on any atom is 0.157 e. The number of ketones is 1. The first-order chi connectivity index (χ1) is 6.42. The molecule has 80 valence electrons. The Labute approximate surface area is 85.2 Å². The van der Waals surface area contributed by atoms with Crippen LogP contribution in [0.1, 0.15) is 33.6 Å². The third-order valence-corrected chi connectivity index (χ3v) is 2.89. The van der Waals surface area contributed by atoms with Gasteiger partial charge >= 0.3 is 0 Å². The lowest BCUT2D eigenvalue weighted by atomic mass is 9.92. The van der Waals surface area contributed by atoms with Crippen LogP contribution in [0.3, 0.4) is 0 Å². The molecule has 0 saturated carbocycles. The number of aliphatic hydroxyl groups is 1. The number of nitrogens with one attached hydrogen (secondary N) is 1. The van der Waals surface area contributed by atoms with Crippen molar-refractivity contribution in [3.63, 3.8) is 0 Å². The molecule has 0 bridgehead atoms. The minimum Gasteiger partial charge on any atom is -0.388 e. The molecule has 0 aliphatic heterocycles. The van der Waals surface area contributed by atoms with Crippen LogP contribution in [-0.2, 0) is 4.79 Å². The van der Waals surface area contributed by atoms with Crippen LogP contribution in [0.5, 0.6) is 0 Å². The van der Waals surface area contributed by atoms with Gasteiger partial charge < -0.3 is 10.4 Å². The molecule has 0 aromatic carbocycles. The first-order valence-electron chi connectivity index (χ1n) is 5.11. The van der Waals surface area contributed by atoms with E-state index in [2.05, 4.69) is 5.32 Å². The molecule has 0 aromatic rings. The molecule has 0 spiro atoms. The van der Waals surface area contributed by atoms with Crippen molar-refractivity contribution in [1.29, 1.82) is 0 Å². The van der Waals surface area contributed by atoms with Crippen LogP contribution in [0, 0.1) is 5.92 Å². The van der Waals surface area contributed by atoms with Crippen LogP contribution in [0.25, 0.3) is 0 Å². The summed E-state index contributed by atoms with van der Waals surface area (Å²) in [6, 6.07) is 0. The summed E-state index contributed by atoms with van der Waals surface area (Å²) in [5.74, 6) is 0.379. The van der Waals surface area contributed by atoms with Crippen molar-refractivity contribution in [2.45, 2.75) is 39.2 Å². The maximum absolute atomic E-state index is 10.9. The van der Waals surface area contributed by atoms with E-state index < -0.39 is 5.60 Å². The Morgan fingerprint density at radius 1 is 1.57 bits per heavy atom. The second kappa shape index (κ2) is 4.13. The largest absolute Gasteiger partial charge is 0.388 e. The molecule has 14 heavy (non-hydrogen) atoms. The molecule has 2 N–H and O–H groups in total. The van der Waals surface area contributed by atoms with Gasteiger partial charge in [0.05, 0.1) is 5.60 Å². The smallest absolute Gasteiger partial charge is 0.157 e. The first kappa shape index (κ1) is 11.2. The van der Waals surface area contributed by atoms with Gasteiger partial charge in [0.1, 0.15) is 0 Å². The Morgan fingerprint density at radius 3 is 2.64 bits per heavy atom. The molecular formula is C11H19NO2. The summed E-state index contributed by atoms with van der Waals surface area (Å²) in [5.41, 5.74) is 0.239. The van der Waals surface area contributed by atoms with Crippen molar-refractivity contribution < 1.29 is 9.90 Å². The molecule has 0 radical (unpaired) electrons. The van der Waals surface area contributed by atoms with E-state index in [9.17, 15) is 9.90 Å². The van der Waals surface area contributed by atoms with Crippen LogP contribution >= 0.6 is 0 Å². The van der Waals surface area contributed by atoms with Gasteiger partial charge in [-0.25, -0.2) is 0 Å². The van der Waals surface area contributed by atoms with Gasteiger partial charge in [-0.15, -0.1) is 0 Å². The second-order valence-corrected chi connectivity index (χ2v) is 4.50. The highest BCUT2D eigenvalue weighted by molar-refractivity contribution is 5.92. The molecular weight excluding hydrogens is 178 g/mol. The Morgan fingerprint density at radius 2 is 2.21 bits per heavy atom. The summed E-state index contributed by atoms with van der Waals surface area (Å²) in [5, 5.41) is 13.1. The third-order valence-electron chi connectivity index (χ3n) is 2.89. The van der Waals surface area contributed by atoms with Gasteiger partial charge in [-0.3, -0.25) is 4.79 Å². The summed E-state index contributed by atoms with van der Waals surface area (Å²) in [6.07, 6.45) is 3.02. The van der Waals surface area contributed by atoms with E-state index in [4.69, 9.17) is 0 Å². The van der Waals surface area contributed by atoms with Crippen LogP contribution in [0.4, 0.5) is 0 Å². The normalized spacial score (nSPS) is 20.9. The zero-order valence-electron chi connectivity index (χ0n) is 9.13. The summed E-state index contributed by atoms with van der Waals surface area (Å²) < 4.78 is 0. The second-order valence-electron chi connectivity index (χ2n) is 4.50. The monoisotopic (exact) mass is 197 g/mol. The molecule has 1 rings (SSSR count). The van der Waals surface area contributed by atoms with Crippen LogP contribution in [-0.4, -0.2) is 23.0 Å². The maximum atomic E-state index is 10.9. The van der Waals surface area contributed by atoms with Gasteiger partial charge in [0.15, 0.2) is 5.78 Å². The van der Waals surface area contributed by atoms with E-state index in [1.54, 1.807) is 6.08 Å². The van der Waals surface area contributed by atoms with E-state index in [0.717, 1.165) is 12.1 Å². The van der Waals surface area contributed by atoms with Crippen LogP contribution < -0.4 is 5.32 Å². The molecule has 1 unspecified atom stereocenters. The zero-order valence-corrected chi connectivity index (χ0v) is 9.13. The van der Waals surface area contributed by atoms with Crippen LogP contribution in [0.15, 0.2) is 11.8 Å². The number of hydrogen-bond acceptors (Lipinski definition) is 3. The van der Waals surface area contributed by atoms with E-state index in [0.29, 0.717) is 13.0 Å². The number of allylic oxidation sites excluding steroid dienone is 2. The Hall–Kier alpha value is -0.830. The number of hydrogen-bond donors (Lipinski definition) is 2. The van der Waals surface area contributed by atoms with Crippen molar-refractivity contribution in [3.8, 4) is 0 Å². The highest BCUT2D eigenvalue weighted by Gasteiger charge is 2.25. The number of carbonyl (C=O) groups is 1. The Kier molecular flexibility index (Phi) is 3.32. The van der Waals surface area contributed by atoms with Gasteiger partial charge in [0.2, 0.25) is 0 Å². The predicted octanol–water partition coefficient (Wildman–Crippen LogP) is 1.23. The quantitative estimate of drug-likeness (QED) is 0.712. The van der Waals surface area contributed by atoms with E-state index in [1.165, 1.54) is 0 Å². The Balaban J connectivity index is 2.41. The van der Waals surface area contributed by atoms with E-state index >= 15 is 0 Å². The lowest BCUT2D eigenvalue weighted by molar-refractivity contribution is -0.114. The minimum absolute atomic E-state index is 0.177. The van der Waals surface area contributed by atoms with Crippen molar-refractivity contribution >= 4 is 5.78 Å². The van der Waals surface area contributed by atoms with Crippen molar-refractivity contribution in [3.05, 3.63) is 11.8 Å². The molecule has 0 saturated heterocycles. The molecule has 0 aromatic heterocycles. The molecule has 0 amide bonds. The summed E-state index contributed by atoms with van der Waals surface area (Å²) in [7, 11) is 0. The summed E-state index contributed by atoms with van der Waals surface area (Å²) in [6.45, 7) is 6.28. The van der Waals surface area contributed by atoms with Gasteiger partial charge in [-0.1, -0.05) is 13.8 Å². The molecule has 1 aliphatic carbocycles. The predicted molar refractivity (Wildman–Crippen MR) is 55.8 cm³/mol. The van der Waals surface area contributed by atoms with Gasteiger partial charge in [0, 0.05) is 24.7 Å². The van der Waals surface area contributed by atoms with E-state index in [1.807, 2.05) is 20.8 Å². The average Bonchev–Trinajstić information content (AvgIpc) is 2.48. The van der Waals surface area contributed by atoms with Crippen molar-refractivity contribution in [1.82, 2.24) is 5.32 Å². The summed E-state index contributed by atoms with van der Waals surface area (Å²) in [4.78, 5) is 10.9. The average molecular weight is 197 g/mol. The SMILES string of the molecule is CC(C)C(C)(O)CNC1=CC(=O)CC1. The highest BCUT2D eigenvalue weighted by atomic mass is 16.3. The fourth-order valence-electron chi connectivity index (χ4n) is 1.23. The zero-order chi connectivity index (χ0) is 10.8.